The summed E-state index contributed by atoms with van der Waals surface area (Å²) in [7, 11) is 1.59. The third kappa shape index (κ3) is 2.83. The van der Waals surface area contributed by atoms with Gasteiger partial charge < -0.3 is 14.6 Å². The van der Waals surface area contributed by atoms with E-state index in [-0.39, 0.29) is 12.3 Å². The van der Waals surface area contributed by atoms with E-state index in [0.717, 1.165) is 5.56 Å². The Bertz CT molecular complexity index is 870. The lowest BCUT2D eigenvalue weighted by Crippen LogP contribution is -2.01. The molecule has 1 aromatic carbocycles. The maximum absolute atomic E-state index is 11.4. The SMILES string of the molecule is COc1cccc(OCc2nc(C(=O)O)c3c(C)cccn23)c1. The maximum Gasteiger partial charge on any atom is 0.356 e. The number of imidazole rings is 1. The fourth-order valence-electron chi connectivity index (χ4n) is 2.46. The van der Waals surface area contributed by atoms with E-state index < -0.39 is 5.97 Å². The minimum atomic E-state index is -1.05. The number of carboxylic acids is 1. The second-order valence-corrected chi connectivity index (χ2v) is 5.06. The first-order valence-corrected chi connectivity index (χ1v) is 7.07. The van der Waals surface area contributed by atoms with Crippen molar-refractivity contribution in [1.29, 1.82) is 0 Å². The van der Waals surface area contributed by atoms with Crippen LogP contribution in [-0.4, -0.2) is 27.6 Å². The summed E-state index contributed by atoms with van der Waals surface area (Å²) in [5.41, 5.74) is 1.47. The van der Waals surface area contributed by atoms with Gasteiger partial charge in [-0.05, 0) is 30.7 Å². The lowest BCUT2D eigenvalue weighted by atomic mass is 10.2. The molecule has 0 aliphatic rings. The summed E-state index contributed by atoms with van der Waals surface area (Å²) in [6.45, 7) is 2.02. The number of aryl methyl sites for hydroxylation is 1. The molecular weight excluding hydrogens is 296 g/mol. The Morgan fingerprint density at radius 2 is 2.04 bits per heavy atom. The molecule has 118 valence electrons. The summed E-state index contributed by atoms with van der Waals surface area (Å²) in [6.07, 6.45) is 1.78. The van der Waals surface area contributed by atoms with E-state index in [1.165, 1.54) is 0 Å². The largest absolute Gasteiger partial charge is 0.497 e. The first kappa shape index (κ1) is 14.9. The Balaban J connectivity index is 1.94. The van der Waals surface area contributed by atoms with Crippen LogP contribution in [0.3, 0.4) is 0 Å². The number of carbonyl (C=O) groups is 1. The number of hydrogen-bond acceptors (Lipinski definition) is 4. The van der Waals surface area contributed by atoms with Gasteiger partial charge in [0.15, 0.2) is 11.5 Å². The van der Waals surface area contributed by atoms with Gasteiger partial charge in [0.05, 0.1) is 12.6 Å². The number of nitrogens with zero attached hydrogens (tertiary/aromatic N) is 2. The van der Waals surface area contributed by atoms with E-state index in [9.17, 15) is 9.90 Å². The average Bonchev–Trinajstić information content (AvgIpc) is 2.94. The molecule has 6 heteroatoms. The van der Waals surface area contributed by atoms with Gasteiger partial charge in [-0.15, -0.1) is 0 Å². The molecule has 0 saturated carbocycles. The zero-order valence-electron chi connectivity index (χ0n) is 12.8. The van der Waals surface area contributed by atoms with Crippen LogP contribution in [0.1, 0.15) is 21.9 Å². The summed E-state index contributed by atoms with van der Waals surface area (Å²) < 4.78 is 12.6. The van der Waals surface area contributed by atoms with Crippen molar-refractivity contribution in [2.24, 2.45) is 0 Å². The molecule has 2 heterocycles. The molecule has 3 rings (SSSR count). The second-order valence-electron chi connectivity index (χ2n) is 5.06. The summed E-state index contributed by atoms with van der Waals surface area (Å²) in [4.78, 5) is 15.6. The van der Waals surface area contributed by atoms with Crippen LogP contribution < -0.4 is 9.47 Å². The zero-order chi connectivity index (χ0) is 16.4. The van der Waals surface area contributed by atoms with Gasteiger partial charge in [-0.1, -0.05) is 12.1 Å². The van der Waals surface area contributed by atoms with Crippen molar-refractivity contribution in [1.82, 2.24) is 9.38 Å². The van der Waals surface area contributed by atoms with Crippen molar-refractivity contribution in [2.75, 3.05) is 7.11 Å². The van der Waals surface area contributed by atoms with Gasteiger partial charge in [-0.3, -0.25) is 4.40 Å². The molecule has 0 spiro atoms. The van der Waals surface area contributed by atoms with Crippen molar-refractivity contribution in [3.8, 4) is 11.5 Å². The van der Waals surface area contributed by atoms with Crippen LogP contribution in [-0.2, 0) is 6.61 Å². The number of benzene rings is 1. The predicted molar refractivity (Wildman–Crippen MR) is 84.2 cm³/mol. The van der Waals surface area contributed by atoms with Crippen molar-refractivity contribution >= 4 is 11.5 Å². The molecule has 0 saturated heterocycles. The molecule has 23 heavy (non-hydrogen) atoms. The number of hydrogen-bond donors (Lipinski definition) is 1. The molecule has 0 bridgehead atoms. The summed E-state index contributed by atoms with van der Waals surface area (Å²) in [5.74, 6) is 0.802. The maximum atomic E-state index is 11.4. The molecule has 0 aliphatic carbocycles. The van der Waals surface area contributed by atoms with Crippen molar-refractivity contribution < 1.29 is 19.4 Å². The van der Waals surface area contributed by atoms with Crippen LogP contribution in [0.5, 0.6) is 11.5 Å². The molecular formula is C17H16N2O4. The standard InChI is InChI=1S/C17H16N2O4/c1-11-5-4-8-19-14(18-15(16(11)19)17(20)21)10-23-13-7-3-6-12(9-13)22-2/h3-9H,10H2,1-2H3,(H,20,21). The zero-order valence-corrected chi connectivity index (χ0v) is 12.8. The van der Waals surface area contributed by atoms with Gasteiger partial charge in [0.25, 0.3) is 0 Å². The molecule has 0 amide bonds. The summed E-state index contributed by atoms with van der Waals surface area (Å²) in [6, 6.07) is 10.9. The number of ether oxygens (including phenoxy) is 2. The summed E-state index contributed by atoms with van der Waals surface area (Å²) in [5, 5.41) is 9.34. The van der Waals surface area contributed by atoms with Gasteiger partial charge in [0.2, 0.25) is 0 Å². The molecule has 0 fully saturated rings. The van der Waals surface area contributed by atoms with Crippen LogP contribution in [0.4, 0.5) is 0 Å². The Morgan fingerprint density at radius 3 is 2.78 bits per heavy atom. The highest BCUT2D eigenvalue weighted by molar-refractivity contribution is 5.94. The van der Waals surface area contributed by atoms with Crippen LogP contribution in [0.15, 0.2) is 42.6 Å². The minimum Gasteiger partial charge on any atom is -0.497 e. The number of carboxylic acid groups (broad SMARTS) is 1. The topological polar surface area (TPSA) is 73.1 Å². The Hall–Kier alpha value is -3.02. The van der Waals surface area contributed by atoms with E-state index in [1.54, 1.807) is 23.8 Å². The Morgan fingerprint density at radius 1 is 1.26 bits per heavy atom. The van der Waals surface area contributed by atoms with Gasteiger partial charge in [-0.25, -0.2) is 9.78 Å². The second kappa shape index (κ2) is 6.00. The monoisotopic (exact) mass is 312 g/mol. The molecule has 0 radical (unpaired) electrons. The van der Waals surface area contributed by atoms with Crippen LogP contribution in [0, 0.1) is 6.92 Å². The van der Waals surface area contributed by atoms with Gasteiger partial charge >= 0.3 is 5.97 Å². The van der Waals surface area contributed by atoms with Gasteiger partial charge in [-0.2, -0.15) is 0 Å². The third-order valence-electron chi connectivity index (χ3n) is 3.55. The highest BCUT2D eigenvalue weighted by Crippen LogP contribution is 2.22. The molecule has 6 nitrogen and oxygen atoms in total. The molecule has 3 aromatic rings. The van der Waals surface area contributed by atoms with E-state index in [4.69, 9.17) is 9.47 Å². The van der Waals surface area contributed by atoms with Gasteiger partial charge in [0.1, 0.15) is 18.1 Å². The van der Waals surface area contributed by atoms with Crippen LogP contribution in [0.2, 0.25) is 0 Å². The molecule has 0 aliphatic heterocycles. The van der Waals surface area contributed by atoms with E-state index in [1.807, 2.05) is 37.3 Å². The third-order valence-corrected chi connectivity index (χ3v) is 3.55. The lowest BCUT2D eigenvalue weighted by molar-refractivity contribution is 0.0693. The number of aromatic carboxylic acids is 1. The first-order chi connectivity index (χ1) is 11.1. The smallest absolute Gasteiger partial charge is 0.356 e. The fraction of sp³-hybridized carbons (Fsp3) is 0.176. The lowest BCUT2D eigenvalue weighted by Gasteiger charge is -2.07. The van der Waals surface area contributed by atoms with Crippen molar-refractivity contribution in [3.05, 3.63) is 59.7 Å². The molecule has 2 aromatic heterocycles. The Labute approximate surface area is 132 Å². The number of fused-ring (bicyclic) bond motifs is 1. The first-order valence-electron chi connectivity index (χ1n) is 7.07. The van der Waals surface area contributed by atoms with Crippen LogP contribution >= 0.6 is 0 Å². The molecule has 0 atom stereocenters. The van der Waals surface area contributed by atoms with E-state index in [0.29, 0.717) is 22.8 Å². The number of rotatable bonds is 5. The van der Waals surface area contributed by atoms with E-state index >= 15 is 0 Å². The highest BCUT2D eigenvalue weighted by Gasteiger charge is 2.18. The number of pyridine rings is 1. The van der Waals surface area contributed by atoms with Gasteiger partial charge in [0, 0.05) is 12.3 Å². The van der Waals surface area contributed by atoms with E-state index in [2.05, 4.69) is 4.98 Å². The number of methoxy groups -OCH3 is 1. The van der Waals surface area contributed by atoms with Crippen molar-refractivity contribution in [2.45, 2.75) is 13.5 Å². The highest BCUT2D eigenvalue weighted by atomic mass is 16.5. The van der Waals surface area contributed by atoms with Crippen LogP contribution in [0.25, 0.3) is 5.52 Å². The molecule has 1 N–H and O–H groups in total. The fourth-order valence-corrected chi connectivity index (χ4v) is 2.46. The minimum absolute atomic E-state index is 0.0346. The average molecular weight is 312 g/mol. The Kier molecular flexibility index (Phi) is 3.89. The van der Waals surface area contributed by atoms with Crippen molar-refractivity contribution in [3.63, 3.8) is 0 Å². The quantitative estimate of drug-likeness (QED) is 0.784. The normalized spacial score (nSPS) is 10.7. The molecule has 0 unspecified atom stereocenters. The summed E-state index contributed by atoms with van der Waals surface area (Å²) >= 11 is 0. The number of aromatic nitrogens is 2. The predicted octanol–water partition coefficient (Wildman–Crippen LogP) is 2.93.